The summed E-state index contributed by atoms with van der Waals surface area (Å²) in [5, 5.41) is 3.89. The topological polar surface area (TPSA) is 70.9 Å². The van der Waals surface area contributed by atoms with Gasteiger partial charge >= 0.3 is 0 Å². The van der Waals surface area contributed by atoms with Crippen LogP contribution in [0.5, 0.6) is 0 Å². The van der Waals surface area contributed by atoms with E-state index in [9.17, 15) is 4.79 Å². The lowest BCUT2D eigenvalue weighted by molar-refractivity contribution is 1.10. The minimum atomic E-state index is 0.110. The summed E-state index contributed by atoms with van der Waals surface area (Å²) in [7, 11) is 0. The van der Waals surface area contributed by atoms with E-state index in [2.05, 4.69) is 10.3 Å². The standard InChI is InChI=1S/C12H13N3O/c1-6-2-3-8(13)10-9(6)11(16)7-4-5-14-12(7)15-10/h2-3H,4-5,13H2,1H3,(H2,14,15,16). The lowest BCUT2D eigenvalue weighted by Crippen LogP contribution is -2.11. The van der Waals surface area contributed by atoms with Crippen molar-refractivity contribution >= 4 is 22.4 Å². The largest absolute Gasteiger partial charge is 0.397 e. The first-order chi connectivity index (χ1) is 7.68. The highest BCUT2D eigenvalue weighted by Gasteiger charge is 2.18. The average Bonchev–Trinajstić information content (AvgIpc) is 2.72. The third kappa shape index (κ3) is 1.07. The number of rotatable bonds is 0. The van der Waals surface area contributed by atoms with Crippen molar-refractivity contribution in [2.75, 3.05) is 17.6 Å². The van der Waals surface area contributed by atoms with Crippen LogP contribution in [-0.2, 0) is 6.42 Å². The van der Waals surface area contributed by atoms with Gasteiger partial charge in [0.05, 0.1) is 16.6 Å². The molecule has 0 atom stereocenters. The number of aromatic amines is 1. The van der Waals surface area contributed by atoms with Crippen molar-refractivity contribution in [2.45, 2.75) is 13.3 Å². The van der Waals surface area contributed by atoms with Crippen molar-refractivity contribution in [3.63, 3.8) is 0 Å². The van der Waals surface area contributed by atoms with Crippen molar-refractivity contribution in [3.05, 3.63) is 33.5 Å². The fourth-order valence-electron chi connectivity index (χ4n) is 2.32. The van der Waals surface area contributed by atoms with Crippen LogP contribution in [0.3, 0.4) is 0 Å². The monoisotopic (exact) mass is 215 g/mol. The Balaban J connectivity index is 2.56. The number of nitrogen functional groups attached to an aromatic ring is 1. The number of hydrogen-bond donors (Lipinski definition) is 3. The number of anilines is 2. The third-order valence-electron chi connectivity index (χ3n) is 3.18. The van der Waals surface area contributed by atoms with Gasteiger partial charge in [-0.05, 0) is 25.0 Å². The molecule has 0 amide bonds. The van der Waals surface area contributed by atoms with Crippen LogP contribution in [0.4, 0.5) is 11.5 Å². The molecule has 1 aliphatic rings. The molecule has 1 aromatic carbocycles. The summed E-state index contributed by atoms with van der Waals surface area (Å²) in [5.41, 5.74) is 9.19. The summed E-state index contributed by atoms with van der Waals surface area (Å²) >= 11 is 0. The van der Waals surface area contributed by atoms with Gasteiger partial charge in [-0.2, -0.15) is 0 Å². The normalized spacial score (nSPS) is 13.8. The highest BCUT2D eigenvalue weighted by molar-refractivity contribution is 5.93. The maximum Gasteiger partial charge on any atom is 0.195 e. The summed E-state index contributed by atoms with van der Waals surface area (Å²) in [6.07, 6.45) is 0.787. The van der Waals surface area contributed by atoms with Gasteiger partial charge in [-0.25, -0.2) is 0 Å². The molecule has 4 nitrogen and oxygen atoms in total. The van der Waals surface area contributed by atoms with Gasteiger partial charge in [-0.1, -0.05) is 6.07 Å². The molecular weight excluding hydrogens is 202 g/mol. The van der Waals surface area contributed by atoms with Crippen LogP contribution in [0.25, 0.3) is 10.9 Å². The summed E-state index contributed by atoms with van der Waals surface area (Å²) in [5.74, 6) is 0.829. The molecule has 0 unspecified atom stereocenters. The zero-order chi connectivity index (χ0) is 11.3. The molecule has 0 saturated carbocycles. The molecule has 2 aromatic rings. The minimum Gasteiger partial charge on any atom is -0.397 e. The first-order valence-corrected chi connectivity index (χ1v) is 5.36. The summed E-state index contributed by atoms with van der Waals surface area (Å²) in [6.45, 7) is 2.75. The summed E-state index contributed by atoms with van der Waals surface area (Å²) in [4.78, 5) is 15.5. The van der Waals surface area contributed by atoms with E-state index < -0.39 is 0 Å². The van der Waals surface area contributed by atoms with Crippen LogP contribution in [0.15, 0.2) is 16.9 Å². The lowest BCUT2D eigenvalue weighted by Gasteiger charge is -2.08. The second-order valence-corrected chi connectivity index (χ2v) is 4.21. The quantitative estimate of drug-likeness (QED) is 0.581. The molecule has 16 heavy (non-hydrogen) atoms. The number of pyridine rings is 1. The third-order valence-corrected chi connectivity index (χ3v) is 3.18. The highest BCUT2D eigenvalue weighted by atomic mass is 16.1. The second-order valence-electron chi connectivity index (χ2n) is 4.21. The molecule has 4 N–H and O–H groups in total. The Morgan fingerprint density at radius 3 is 3.00 bits per heavy atom. The van der Waals surface area contributed by atoms with Crippen molar-refractivity contribution in [1.82, 2.24) is 4.98 Å². The van der Waals surface area contributed by atoms with Crippen LogP contribution in [0.1, 0.15) is 11.1 Å². The number of hydrogen-bond acceptors (Lipinski definition) is 3. The molecule has 0 radical (unpaired) electrons. The number of H-pyrrole nitrogens is 1. The Bertz CT molecular complexity index is 643. The van der Waals surface area contributed by atoms with Crippen molar-refractivity contribution in [2.24, 2.45) is 0 Å². The highest BCUT2D eigenvalue weighted by Crippen LogP contribution is 2.25. The van der Waals surface area contributed by atoms with E-state index in [0.717, 1.165) is 40.8 Å². The van der Waals surface area contributed by atoms with Gasteiger partial charge in [-0.3, -0.25) is 4.79 Å². The Hall–Kier alpha value is -1.97. The van der Waals surface area contributed by atoms with Gasteiger partial charge in [0.15, 0.2) is 5.43 Å². The van der Waals surface area contributed by atoms with Gasteiger partial charge in [0, 0.05) is 12.1 Å². The number of aryl methyl sites for hydroxylation is 1. The van der Waals surface area contributed by atoms with Gasteiger partial charge in [-0.15, -0.1) is 0 Å². The Morgan fingerprint density at radius 1 is 1.38 bits per heavy atom. The Labute approximate surface area is 92.5 Å². The number of fused-ring (bicyclic) bond motifs is 2. The predicted molar refractivity (Wildman–Crippen MR) is 65.9 cm³/mol. The SMILES string of the molecule is Cc1ccc(N)c2[nH]c3c(c(=O)c12)CCN3. The molecule has 82 valence electrons. The molecule has 1 aliphatic heterocycles. The molecule has 0 fully saturated rings. The first-order valence-electron chi connectivity index (χ1n) is 5.36. The molecule has 0 aliphatic carbocycles. The van der Waals surface area contributed by atoms with E-state index in [-0.39, 0.29) is 5.43 Å². The van der Waals surface area contributed by atoms with Crippen LogP contribution < -0.4 is 16.5 Å². The van der Waals surface area contributed by atoms with Crippen LogP contribution in [-0.4, -0.2) is 11.5 Å². The molecule has 4 heteroatoms. The van der Waals surface area contributed by atoms with E-state index in [1.54, 1.807) is 0 Å². The fourth-order valence-corrected chi connectivity index (χ4v) is 2.32. The van der Waals surface area contributed by atoms with Crippen LogP contribution in [0, 0.1) is 6.92 Å². The lowest BCUT2D eigenvalue weighted by atomic mass is 10.0. The molecule has 0 bridgehead atoms. The van der Waals surface area contributed by atoms with E-state index in [0.29, 0.717) is 5.69 Å². The second kappa shape index (κ2) is 3.01. The minimum absolute atomic E-state index is 0.110. The van der Waals surface area contributed by atoms with E-state index in [1.165, 1.54) is 0 Å². The van der Waals surface area contributed by atoms with Crippen molar-refractivity contribution in [3.8, 4) is 0 Å². The van der Waals surface area contributed by atoms with E-state index in [1.807, 2.05) is 19.1 Å². The summed E-state index contributed by atoms with van der Waals surface area (Å²) in [6, 6.07) is 3.72. The zero-order valence-corrected chi connectivity index (χ0v) is 9.05. The van der Waals surface area contributed by atoms with Crippen LogP contribution in [0.2, 0.25) is 0 Å². The molecule has 3 rings (SSSR count). The molecule has 0 saturated heterocycles. The number of benzene rings is 1. The Kier molecular flexibility index (Phi) is 1.74. The number of nitrogens with one attached hydrogen (secondary N) is 2. The van der Waals surface area contributed by atoms with E-state index in [4.69, 9.17) is 5.73 Å². The molecule has 0 spiro atoms. The fraction of sp³-hybridized carbons (Fsp3) is 0.250. The first kappa shape index (κ1) is 9.27. The maximum atomic E-state index is 12.3. The maximum absolute atomic E-state index is 12.3. The van der Waals surface area contributed by atoms with Gasteiger partial charge in [0.1, 0.15) is 5.82 Å². The molecule has 1 aromatic heterocycles. The van der Waals surface area contributed by atoms with Gasteiger partial charge < -0.3 is 16.0 Å². The number of nitrogens with two attached hydrogens (primary N) is 1. The smallest absolute Gasteiger partial charge is 0.195 e. The van der Waals surface area contributed by atoms with Gasteiger partial charge in [0.25, 0.3) is 0 Å². The Morgan fingerprint density at radius 2 is 2.19 bits per heavy atom. The molecule has 2 heterocycles. The zero-order valence-electron chi connectivity index (χ0n) is 9.05. The summed E-state index contributed by atoms with van der Waals surface area (Å²) < 4.78 is 0. The predicted octanol–water partition coefficient (Wildman–Crippen LogP) is 1.39. The van der Waals surface area contributed by atoms with Crippen molar-refractivity contribution in [1.29, 1.82) is 0 Å². The molecular formula is C12H13N3O. The average molecular weight is 215 g/mol. The van der Waals surface area contributed by atoms with E-state index >= 15 is 0 Å². The number of aromatic nitrogens is 1. The van der Waals surface area contributed by atoms with Crippen LogP contribution >= 0.6 is 0 Å². The van der Waals surface area contributed by atoms with Gasteiger partial charge in [0.2, 0.25) is 0 Å². The van der Waals surface area contributed by atoms with Crippen molar-refractivity contribution < 1.29 is 0 Å².